The standard InChI is InChI=1S/C20H21N5O4/c1-4-12(11-8-6-5-7-9-11)23-13-14(17(27)16(13)26)24-19-18(28)15(21-10-22-19)20(29)25(2)3/h5-10,12,23,28H,4H2,1-3H3,(H,21,22,24)/t12-/m1/s1. The minimum Gasteiger partial charge on any atom is -0.503 e. The van der Waals surface area contributed by atoms with Crippen LogP contribution < -0.4 is 21.5 Å². The summed E-state index contributed by atoms with van der Waals surface area (Å²) in [6.07, 6.45) is 1.78. The van der Waals surface area contributed by atoms with Gasteiger partial charge in [0.05, 0.1) is 6.04 Å². The molecule has 3 rings (SSSR count). The highest BCUT2D eigenvalue weighted by molar-refractivity contribution is 5.96. The fraction of sp³-hybridized carbons (Fsp3) is 0.250. The van der Waals surface area contributed by atoms with Crippen LogP contribution in [0.25, 0.3) is 0 Å². The van der Waals surface area contributed by atoms with Crippen LogP contribution in [0.3, 0.4) is 0 Å². The summed E-state index contributed by atoms with van der Waals surface area (Å²) in [6, 6.07) is 9.35. The Bertz CT molecular complexity index is 1100. The molecule has 0 aliphatic rings. The van der Waals surface area contributed by atoms with Crippen molar-refractivity contribution in [2.45, 2.75) is 19.4 Å². The fourth-order valence-electron chi connectivity index (χ4n) is 2.89. The number of hydrogen-bond acceptors (Lipinski definition) is 8. The van der Waals surface area contributed by atoms with Crippen molar-refractivity contribution in [3.63, 3.8) is 0 Å². The van der Waals surface area contributed by atoms with E-state index in [-0.39, 0.29) is 28.9 Å². The van der Waals surface area contributed by atoms with Gasteiger partial charge in [-0.15, -0.1) is 0 Å². The van der Waals surface area contributed by atoms with E-state index in [9.17, 15) is 19.5 Å². The van der Waals surface area contributed by atoms with Gasteiger partial charge in [-0.25, -0.2) is 9.97 Å². The van der Waals surface area contributed by atoms with Crippen molar-refractivity contribution in [2.24, 2.45) is 0 Å². The Morgan fingerprint density at radius 3 is 2.38 bits per heavy atom. The zero-order chi connectivity index (χ0) is 21.1. The second-order valence-corrected chi connectivity index (χ2v) is 6.67. The van der Waals surface area contributed by atoms with Gasteiger partial charge in [0.15, 0.2) is 17.3 Å². The summed E-state index contributed by atoms with van der Waals surface area (Å²) in [5, 5.41) is 16.1. The van der Waals surface area contributed by atoms with Gasteiger partial charge in [0.25, 0.3) is 16.8 Å². The first-order valence-electron chi connectivity index (χ1n) is 9.02. The third kappa shape index (κ3) is 3.79. The maximum Gasteiger partial charge on any atom is 0.276 e. The molecule has 9 heteroatoms. The first kappa shape index (κ1) is 20.0. The molecule has 3 N–H and O–H groups in total. The van der Waals surface area contributed by atoms with E-state index < -0.39 is 22.5 Å². The van der Waals surface area contributed by atoms with Crippen molar-refractivity contribution in [2.75, 3.05) is 24.7 Å². The maximum atomic E-state index is 12.1. The van der Waals surface area contributed by atoms with E-state index in [2.05, 4.69) is 20.6 Å². The predicted octanol–water partition coefficient (Wildman–Crippen LogP) is 1.79. The Kier molecular flexibility index (Phi) is 5.58. The molecule has 0 unspecified atom stereocenters. The van der Waals surface area contributed by atoms with E-state index in [4.69, 9.17) is 0 Å². The van der Waals surface area contributed by atoms with Crippen LogP contribution in [0.5, 0.6) is 5.75 Å². The van der Waals surface area contributed by atoms with Crippen molar-refractivity contribution in [1.82, 2.24) is 14.9 Å². The van der Waals surface area contributed by atoms with Gasteiger partial charge in [0.2, 0.25) is 0 Å². The van der Waals surface area contributed by atoms with Crippen LogP contribution in [0.4, 0.5) is 17.2 Å². The number of aromatic hydroxyl groups is 1. The minimum atomic E-state index is -0.728. The van der Waals surface area contributed by atoms with Crippen molar-refractivity contribution >= 4 is 23.1 Å². The van der Waals surface area contributed by atoms with E-state index in [1.807, 2.05) is 37.3 Å². The number of hydrogen-bond donors (Lipinski definition) is 3. The average molecular weight is 395 g/mol. The molecule has 1 amide bonds. The molecule has 2 aromatic carbocycles. The van der Waals surface area contributed by atoms with Gasteiger partial charge in [0.1, 0.15) is 17.7 Å². The second-order valence-electron chi connectivity index (χ2n) is 6.67. The molecule has 0 aliphatic carbocycles. The summed E-state index contributed by atoms with van der Waals surface area (Å²) < 4.78 is 0. The first-order chi connectivity index (χ1) is 13.8. The number of amides is 1. The molecule has 1 aromatic heterocycles. The predicted molar refractivity (Wildman–Crippen MR) is 109 cm³/mol. The molecule has 150 valence electrons. The van der Waals surface area contributed by atoms with Crippen molar-refractivity contribution < 1.29 is 9.90 Å². The van der Waals surface area contributed by atoms with Crippen LogP contribution in [-0.2, 0) is 0 Å². The topological polar surface area (TPSA) is 125 Å². The normalized spacial score (nSPS) is 11.8. The molecule has 0 radical (unpaired) electrons. The SMILES string of the molecule is CC[C@@H](Nc1c(Nc2ncnc(C(=O)N(C)C)c2O)c(=O)c1=O)c1ccccc1. The molecule has 0 saturated carbocycles. The van der Waals surface area contributed by atoms with Crippen molar-refractivity contribution in [3.05, 3.63) is 68.4 Å². The van der Waals surface area contributed by atoms with Crippen LogP contribution >= 0.6 is 0 Å². The van der Waals surface area contributed by atoms with Crippen LogP contribution in [0.15, 0.2) is 46.2 Å². The van der Waals surface area contributed by atoms with E-state index in [1.54, 1.807) is 0 Å². The van der Waals surface area contributed by atoms with Gasteiger partial charge >= 0.3 is 0 Å². The Balaban J connectivity index is 1.90. The highest BCUT2D eigenvalue weighted by atomic mass is 16.3. The van der Waals surface area contributed by atoms with E-state index >= 15 is 0 Å². The molecule has 0 bridgehead atoms. The highest BCUT2D eigenvalue weighted by Gasteiger charge is 2.26. The van der Waals surface area contributed by atoms with Crippen LogP contribution in [-0.4, -0.2) is 40.0 Å². The smallest absolute Gasteiger partial charge is 0.276 e. The summed E-state index contributed by atoms with van der Waals surface area (Å²) in [6.45, 7) is 1.96. The van der Waals surface area contributed by atoms with Crippen LogP contribution in [0, 0.1) is 0 Å². The number of anilines is 3. The van der Waals surface area contributed by atoms with E-state index in [0.29, 0.717) is 6.42 Å². The first-order valence-corrected chi connectivity index (χ1v) is 9.02. The molecule has 1 heterocycles. The molecule has 3 aromatic rings. The third-order valence-electron chi connectivity index (χ3n) is 4.51. The number of carbonyl (C=O) groups excluding carboxylic acids is 1. The van der Waals surface area contributed by atoms with Gasteiger partial charge in [-0.2, -0.15) is 0 Å². The quantitative estimate of drug-likeness (QED) is 0.517. The lowest BCUT2D eigenvalue weighted by Crippen LogP contribution is -2.37. The number of carbonyl (C=O) groups is 1. The van der Waals surface area contributed by atoms with Crippen molar-refractivity contribution in [1.29, 1.82) is 0 Å². The highest BCUT2D eigenvalue weighted by Crippen LogP contribution is 2.30. The van der Waals surface area contributed by atoms with Crippen molar-refractivity contribution in [3.8, 4) is 5.75 Å². The summed E-state index contributed by atoms with van der Waals surface area (Å²) in [5.74, 6) is -1.15. The van der Waals surface area contributed by atoms with Gasteiger partial charge in [-0.3, -0.25) is 14.4 Å². The Labute approximate surface area is 166 Å². The molecule has 0 aliphatic heterocycles. The minimum absolute atomic E-state index is 0.0124. The molecular weight excluding hydrogens is 374 g/mol. The molecule has 0 fully saturated rings. The number of aromatic nitrogens is 2. The van der Waals surface area contributed by atoms with Crippen LogP contribution in [0.1, 0.15) is 35.4 Å². The van der Waals surface area contributed by atoms with Gasteiger partial charge < -0.3 is 20.6 Å². The monoisotopic (exact) mass is 395 g/mol. The summed E-state index contributed by atoms with van der Waals surface area (Å²) in [5.41, 5.74) is -0.519. The van der Waals surface area contributed by atoms with Gasteiger partial charge in [-0.05, 0) is 12.0 Å². The summed E-state index contributed by atoms with van der Waals surface area (Å²) in [4.78, 5) is 45.3. The fourth-order valence-corrected chi connectivity index (χ4v) is 2.89. The average Bonchev–Trinajstić information content (AvgIpc) is 2.74. The molecular formula is C20H21N5O4. The number of nitrogens with zero attached hydrogens (tertiary/aromatic N) is 3. The zero-order valence-electron chi connectivity index (χ0n) is 16.3. The molecule has 9 nitrogen and oxygen atoms in total. The molecule has 0 spiro atoms. The number of rotatable bonds is 7. The van der Waals surface area contributed by atoms with E-state index in [1.165, 1.54) is 19.0 Å². The Hall–Kier alpha value is -3.75. The second kappa shape index (κ2) is 8.09. The van der Waals surface area contributed by atoms with Gasteiger partial charge in [-0.1, -0.05) is 37.3 Å². The largest absolute Gasteiger partial charge is 0.503 e. The maximum absolute atomic E-state index is 12.1. The van der Waals surface area contributed by atoms with Gasteiger partial charge in [0, 0.05) is 14.1 Å². The van der Waals surface area contributed by atoms with E-state index in [0.717, 1.165) is 11.9 Å². The summed E-state index contributed by atoms with van der Waals surface area (Å²) in [7, 11) is 3.04. The Morgan fingerprint density at radius 2 is 1.76 bits per heavy atom. The zero-order valence-corrected chi connectivity index (χ0v) is 16.3. The molecule has 0 saturated heterocycles. The summed E-state index contributed by atoms with van der Waals surface area (Å²) >= 11 is 0. The number of nitrogens with one attached hydrogen (secondary N) is 2. The lowest BCUT2D eigenvalue weighted by atomic mass is 10.0. The van der Waals surface area contributed by atoms with Crippen LogP contribution in [0.2, 0.25) is 0 Å². The molecule has 1 atom stereocenters. The lowest BCUT2D eigenvalue weighted by Gasteiger charge is -2.22. The molecule has 29 heavy (non-hydrogen) atoms. The third-order valence-corrected chi connectivity index (χ3v) is 4.51. The lowest BCUT2D eigenvalue weighted by molar-refractivity contribution is 0.0818. The number of benzene rings is 1. The Morgan fingerprint density at radius 1 is 1.10 bits per heavy atom.